The Morgan fingerprint density at radius 2 is 2.14 bits per heavy atom. The predicted octanol–water partition coefficient (Wildman–Crippen LogP) is 0.833. The fourth-order valence-electron chi connectivity index (χ4n) is 1.82. The largest absolute Gasteiger partial charge is 0.338 e. The van der Waals surface area contributed by atoms with E-state index in [0.717, 1.165) is 36.8 Å². The molecule has 0 aromatic carbocycles. The molecule has 1 fully saturated rings. The van der Waals surface area contributed by atoms with E-state index >= 15 is 0 Å². The smallest absolute Gasteiger partial charge is 0.321 e. The molecule has 0 unspecified atom stereocenters. The maximum Gasteiger partial charge on any atom is 0.321 e. The Labute approximate surface area is 133 Å². The highest BCUT2D eigenvalue weighted by Gasteiger charge is 2.30. The molecule has 1 aliphatic carbocycles. The van der Waals surface area contributed by atoms with Gasteiger partial charge in [-0.15, -0.1) is 10.2 Å². The van der Waals surface area contributed by atoms with Crippen molar-refractivity contribution in [1.82, 2.24) is 25.5 Å². The minimum Gasteiger partial charge on any atom is -0.338 e. The van der Waals surface area contributed by atoms with Crippen LogP contribution in [0, 0.1) is 5.92 Å². The maximum absolute atomic E-state index is 11.7. The van der Waals surface area contributed by atoms with Gasteiger partial charge >= 0.3 is 6.03 Å². The van der Waals surface area contributed by atoms with Gasteiger partial charge in [-0.25, -0.2) is 9.47 Å². The second kappa shape index (κ2) is 7.48. The number of nitrogens with one attached hydrogen (secondary N) is 2. The van der Waals surface area contributed by atoms with E-state index in [0.29, 0.717) is 23.5 Å². The van der Waals surface area contributed by atoms with Gasteiger partial charge in [-0.2, -0.15) is 0 Å². The van der Waals surface area contributed by atoms with Gasteiger partial charge in [0.15, 0.2) is 5.82 Å². The summed E-state index contributed by atoms with van der Waals surface area (Å²) >= 11 is 1.16. The molecule has 1 aromatic heterocycles. The van der Waals surface area contributed by atoms with Gasteiger partial charge < -0.3 is 11.2 Å². The third-order valence-electron chi connectivity index (χ3n) is 3.23. The fourth-order valence-corrected chi connectivity index (χ4v) is 2.48. The Bertz CT molecular complexity index is 541. The summed E-state index contributed by atoms with van der Waals surface area (Å²) in [7, 11) is 0. The molecule has 0 saturated heterocycles. The van der Waals surface area contributed by atoms with Crippen LogP contribution in [0.3, 0.4) is 0 Å². The lowest BCUT2D eigenvalue weighted by Crippen LogP contribution is -2.40. The molecule has 3 amide bonds. The molecule has 122 valence electrons. The van der Waals surface area contributed by atoms with Gasteiger partial charge in [0.25, 0.3) is 0 Å². The number of carbonyl (C=O) groups excluding carboxylic acids is 2. The molecule has 2 rings (SSSR count). The molecule has 0 atom stereocenters. The SMILES string of the molecule is CC(C)CCNC(=O)NC(=O)CSc1nnc(C2CC2)n1N. The molecule has 1 heterocycles. The van der Waals surface area contributed by atoms with Gasteiger partial charge in [-0.1, -0.05) is 25.6 Å². The van der Waals surface area contributed by atoms with E-state index in [2.05, 4.69) is 34.7 Å². The number of urea groups is 1. The van der Waals surface area contributed by atoms with Gasteiger partial charge in [-0.05, 0) is 25.2 Å². The Morgan fingerprint density at radius 1 is 1.41 bits per heavy atom. The number of hydrogen-bond acceptors (Lipinski definition) is 6. The van der Waals surface area contributed by atoms with Gasteiger partial charge in [0.1, 0.15) is 0 Å². The van der Waals surface area contributed by atoms with Crippen LogP contribution in [0.1, 0.15) is 44.9 Å². The summed E-state index contributed by atoms with van der Waals surface area (Å²) in [4.78, 5) is 23.2. The number of carbonyl (C=O) groups is 2. The average Bonchev–Trinajstić information content (AvgIpc) is 3.20. The molecule has 4 N–H and O–H groups in total. The van der Waals surface area contributed by atoms with Crippen molar-refractivity contribution in [2.75, 3.05) is 18.1 Å². The summed E-state index contributed by atoms with van der Waals surface area (Å²) in [5.41, 5.74) is 0. The highest BCUT2D eigenvalue weighted by molar-refractivity contribution is 7.99. The fraction of sp³-hybridized carbons (Fsp3) is 0.692. The number of thioether (sulfide) groups is 1. The lowest BCUT2D eigenvalue weighted by atomic mass is 10.1. The number of aromatic nitrogens is 3. The minimum absolute atomic E-state index is 0.0671. The highest BCUT2D eigenvalue weighted by atomic mass is 32.2. The Kier molecular flexibility index (Phi) is 5.64. The third-order valence-corrected chi connectivity index (χ3v) is 4.17. The molecule has 0 bridgehead atoms. The van der Waals surface area contributed by atoms with E-state index in [1.165, 1.54) is 4.68 Å². The number of nitrogens with two attached hydrogens (primary N) is 1. The number of hydrogen-bond donors (Lipinski definition) is 3. The lowest BCUT2D eigenvalue weighted by Gasteiger charge is -2.08. The first-order valence-corrected chi connectivity index (χ1v) is 8.36. The van der Waals surface area contributed by atoms with E-state index in [4.69, 9.17) is 5.84 Å². The highest BCUT2D eigenvalue weighted by Crippen LogP contribution is 2.39. The Balaban J connectivity index is 1.70. The number of rotatable bonds is 7. The Hall–Kier alpha value is -1.77. The zero-order chi connectivity index (χ0) is 16.1. The predicted molar refractivity (Wildman–Crippen MR) is 83.9 cm³/mol. The third kappa shape index (κ3) is 4.90. The van der Waals surface area contributed by atoms with Crippen LogP contribution in [-0.4, -0.2) is 39.1 Å². The van der Waals surface area contributed by atoms with Crippen molar-refractivity contribution in [2.24, 2.45) is 5.92 Å². The quantitative estimate of drug-likeness (QED) is 0.505. The van der Waals surface area contributed by atoms with Gasteiger partial charge in [0.2, 0.25) is 11.1 Å². The number of nitrogen functional groups attached to an aromatic ring is 1. The number of imide groups is 1. The van der Waals surface area contributed by atoms with Crippen molar-refractivity contribution in [3.05, 3.63) is 5.82 Å². The molecule has 1 aromatic rings. The molecule has 8 nitrogen and oxygen atoms in total. The van der Waals surface area contributed by atoms with Gasteiger partial charge in [-0.3, -0.25) is 10.1 Å². The van der Waals surface area contributed by atoms with Crippen molar-refractivity contribution in [3.8, 4) is 0 Å². The standard InChI is InChI=1S/C13H22N6O2S/c1-8(2)5-6-15-12(21)16-10(20)7-22-13-18-17-11(19(13)14)9-3-4-9/h8-9H,3-7,14H2,1-2H3,(H2,15,16,20,21). The number of nitrogens with zero attached hydrogens (tertiary/aromatic N) is 3. The van der Waals surface area contributed by atoms with E-state index < -0.39 is 6.03 Å². The van der Waals surface area contributed by atoms with Gasteiger partial charge in [0, 0.05) is 12.5 Å². The van der Waals surface area contributed by atoms with E-state index in [1.807, 2.05) is 0 Å². The maximum atomic E-state index is 11.7. The summed E-state index contributed by atoms with van der Waals surface area (Å²) < 4.78 is 1.43. The lowest BCUT2D eigenvalue weighted by molar-refractivity contribution is -0.117. The zero-order valence-corrected chi connectivity index (χ0v) is 13.7. The second-order valence-electron chi connectivity index (χ2n) is 5.76. The van der Waals surface area contributed by atoms with Crippen LogP contribution in [0.25, 0.3) is 0 Å². The topological polar surface area (TPSA) is 115 Å². The first kappa shape index (κ1) is 16.6. The average molecular weight is 326 g/mol. The van der Waals surface area contributed by atoms with Gasteiger partial charge in [0.05, 0.1) is 5.75 Å². The molecular formula is C13H22N6O2S. The summed E-state index contributed by atoms with van der Waals surface area (Å²) in [6, 6.07) is -0.473. The van der Waals surface area contributed by atoms with Crippen LogP contribution < -0.4 is 16.5 Å². The molecule has 9 heteroatoms. The first-order valence-electron chi connectivity index (χ1n) is 7.38. The van der Waals surface area contributed by atoms with E-state index in [-0.39, 0.29) is 11.7 Å². The van der Waals surface area contributed by atoms with Crippen LogP contribution in [-0.2, 0) is 4.79 Å². The minimum atomic E-state index is -0.473. The van der Waals surface area contributed by atoms with E-state index in [1.54, 1.807) is 0 Å². The molecule has 1 aliphatic rings. The monoisotopic (exact) mass is 326 g/mol. The Morgan fingerprint density at radius 3 is 2.77 bits per heavy atom. The number of amides is 3. The van der Waals surface area contributed by atoms with Crippen LogP contribution in [0.4, 0.5) is 4.79 Å². The zero-order valence-electron chi connectivity index (χ0n) is 12.8. The first-order chi connectivity index (χ1) is 10.5. The summed E-state index contributed by atoms with van der Waals surface area (Å²) in [5.74, 6) is 7.22. The van der Waals surface area contributed by atoms with Crippen LogP contribution in [0.5, 0.6) is 0 Å². The second-order valence-corrected chi connectivity index (χ2v) is 6.70. The van der Waals surface area contributed by atoms with E-state index in [9.17, 15) is 9.59 Å². The summed E-state index contributed by atoms with van der Waals surface area (Å²) in [5, 5.41) is 13.4. The molecule has 0 radical (unpaired) electrons. The van der Waals surface area contributed by atoms with Crippen LogP contribution in [0.2, 0.25) is 0 Å². The molecular weight excluding hydrogens is 304 g/mol. The van der Waals surface area contributed by atoms with Crippen molar-refractivity contribution in [1.29, 1.82) is 0 Å². The normalized spacial score (nSPS) is 14.1. The molecule has 0 spiro atoms. The van der Waals surface area contributed by atoms with Crippen molar-refractivity contribution in [3.63, 3.8) is 0 Å². The summed E-state index contributed by atoms with van der Waals surface area (Å²) in [6.45, 7) is 4.69. The van der Waals surface area contributed by atoms with Crippen molar-refractivity contribution in [2.45, 2.75) is 44.2 Å². The molecule has 22 heavy (non-hydrogen) atoms. The van der Waals surface area contributed by atoms with Crippen molar-refractivity contribution < 1.29 is 9.59 Å². The van der Waals surface area contributed by atoms with Crippen LogP contribution in [0.15, 0.2) is 5.16 Å². The molecule has 0 aliphatic heterocycles. The van der Waals surface area contributed by atoms with Crippen molar-refractivity contribution >= 4 is 23.7 Å². The molecule has 1 saturated carbocycles. The summed E-state index contributed by atoms with van der Waals surface area (Å²) in [6.07, 6.45) is 3.03. The van der Waals surface area contributed by atoms with Crippen LogP contribution >= 0.6 is 11.8 Å².